The van der Waals surface area contributed by atoms with E-state index in [4.69, 9.17) is 9.84 Å². The van der Waals surface area contributed by atoms with Gasteiger partial charge in [0.1, 0.15) is 0 Å². The average molecular weight is 380 g/mol. The van der Waals surface area contributed by atoms with Crippen LogP contribution in [0.3, 0.4) is 0 Å². The van der Waals surface area contributed by atoms with E-state index in [0.29, 0.717) is 31.5 Å². The highest BCUT2D eigenvalue weighted by atomic mass is 19.3. The van der Waals surface area contributed by atoms with Crippen molar-refractivity contribution in [2.24, 2.45) is 0 Å². The molecule has 1 aliphatic carbocycles. The molecule has 0 bridgehead atoms. The number of piperidine rings is 1. The molecule has 3 rings (SSSR count). The van der Waals surface area contributed by atoms with Crippen molar-refractivity contribution in [3.63, 3.8) is 0 Å². The number of likely N-dealkylation sites (tertiary alicyclic amines) is 1. The number of nitrogens with zero attached hydrogens (tertiary/aromatic N) is 2. The predicted molar refractivity (Wildman–Crippen MR) is 91.9 cm³/mol. The molecule has 1 aromatic carbocycles. The quantitative estimate of drug-likeness (QED) is 0.782. The van der Waals surface area contributed by atoms with Gasteiger partial charge in [0.2, 0.25) is 0 Å². The first kappa shape index (κ1) is 19.4. The summed E-state index contributed by atoms with van der Waals surface area (Å²) >= 11 is 0. The maximum atomic E-state index is 12.7. The van der Waals surface area contributed by atoms with E-state index in [1.165, 1.54) is 6.07 Å². The number of hydrogen-bond donors (Lipinski definition) is 1. The van der Waals surface area contributed by atoms with Gasteiger partial charge in [-0.3, -0.25) is 9.69 Å². The van der Waals surface area contributed by atoms with E-state index in [1.54, 1.807) is 17.0 Å². The molecular weight excluding hydrogens is 358 g/mol. The Morgan fingerprint density at radius 2 is 2.04 bits per heavy atom. The molecule has 6 nitrogen and oxygen atoms in total. The van der Waals surface area contributed by atoms with Crippen molar-refractivity contribution >= 4 is 5.97 Å². The van der Waals surface area contributed by atoms with Gasteiger partial charge in [-0.2, -0.15) is 14.0 Å². The topological polar surface area (TPSA) is 82.8 Å². The highest BCUT2D eigenvalue weighted by molar-refractivity contribution is 5.69. The molecule has 2 fully saturated rings. The van der Waals surface area contributed by atoms with Crippen molar-refractivity contribution in [1.29, 1.82) is 5.26 Å². The zero-order chi connectivity index (χ0) is 19.4. The summed E-state index contributed by atoms with van der Waals surface area (Å²) in [4.78, 5) is 12.7. The average Bonchev–Trinajstić information content (AvgIpc) is 2.59. The fourth-order valence-corrected chi connectivity index (χ4v) is 3.51. The Bertz CT molecular complexity index is 723. The number of halogens is 2. The number of carboxylic acid groups (broad SMARTS) is 1. The summed E-state index contributed by atoms with van der Waals surface area (Å²) in [6.45, 7) is -2.05. The largest absolute Gasteiger partial charge is 0.487 e. The normalized spacial score (nSPS) is 19.9. The minimum Gasteiger partial charge on any atom is -0.487 e. The van der Waals surface area contributed by atoms with Gasteiger partial charge in [0, 0.05) is 13.1 Å². The first-order chi connectivity index (χ1) is 12.9. The minimum absolute atomic E-state index is 0.0178. The number of rotatable bonds is 7. The van der Waals surface area contributed by atoms with E-state index in [-0.39, 0.29) is 24.1 Å². The summed E-state index contributed by atoms with van der Waals surface area (Å²) in [7, 11) is 0. The first-order valence-electron chi connectivity index (χ1n) is 9.03. The molecule has 1 aromatic rings. The molecule has 0 radical (unpaired) electrons. The highest BCUT2D eigenvalue weighted by Crippen LogP contribution is 2.41. The molecule has 1 N–H and O–H groups in total. The van der Waals surface area contributed by atoms with Crippen LogP contribution >= 0.6 is 0 Å². The predicted octanol–water partition coefficient (Wildman–Crippen LogP) is 3.16. The zero-order valence-electron chi connectivity index (χ0n) is 14.9. The van der Waals surface area contributed by atoms with Gasteiger partial charge in [-0.15, -0.1) is 0 Å². The second-order valence-corrected chi connectivity index (χ2v) is 7.07. The van der Waals surface area contributed by atoms with E-state index in [0.717, 1.165) is 19.3 Å². The Labute approximate surface area is 156 Å². The van der Waals surface area contributed by atoms with Crippen LogP contribution in [0.1, 0.15) is 37.7 Å². The van der Waals surface area contributed by atoms with Gasteiger partial charge in [0.25, 0.3) is 0 Å². The monoisotopic (exact) mass is 380 g/mol. The molecule has 0 unspecified atom stereocenters. The number of benzene rings is 1. The maximum absolute atomic E-state index is 12.7. The molecule has 1 saturated carbocycles. The van der Waals surface area contributed by atoms with Crippen molar-refractivity contribution in [2.75, 3.05) is 19.6 Å². The second-order valence-electron chi connectivity index (χ2n) is 7.07. The van der Waals surface area contributed by atoms with Crippen LogP contribution in [0.2, 0.25) is 0 Å². The van der Waals surface area contributed by atoms with Crippen molar-refractivity contribution in [3.8, 4) is 17.6 Å². The van der Waals surface area contributed by atoms with Gasteiger partial charge in [-0.05, 0) is 49.8 Å². The van der Waals surface area contributed by atoms with Crippen molar-refractivity contribution < 1.29 is 28.2 Å². The van der Waals surface area contributed by atoms with Crippen molar-refractivity contribution in [3.05, 3.63) is 23.8 Å². The molecule has 27 heavy (non-hydrogen) atoms. The Balaban J connectivity index is 1.82. The van der Waals surface area contributed by atoms with Crippen molar-refractivity contribution in [1.82, 2.24) is 4.90 Å². The fourth-order valence-electron chi connectivity index (χ4n) is 3.51. The number of carboxylic acids is 1. The molecule has 0 aromatic heterocycles. The number of aliphatic carboxylic acids is 1. The molecule has 1 saturated heterocycles. The van der Waals surface area contributed by atoms with E-state index < -0.39 is 18.0 Å². The number of nitriles is 1. The summed E-state index contributed by atoms with van der Waals surface area (Å²) in [5.74, 6) is -0.693. The lowest BCUT2D eigenvalue weighted by Gasteiger charge is -2.37. The third kappa shape index (κ3) is 4.48. The lowest BCUT2D eigenvalue weighted by atomic mass is 9.74. The zero-order valence-corrected chi connectivity index (χ0v) is 14.9. The van der Waals surface area contributed by atoms with Crippen LogP contribution in [0.25, 0.3) is 0 Å². The summed E-state index contributed by atoms with van der Waals surface area (Å²) < 4.78 is 35.8. The second kappa shape index (κ2) is 8.09. The molecule has 0 atom stereocenters. The first-order valence-corrected chi connectivity index (χ1v) is 9.03. The maximum Gasteiger partial charge on any atom is 0.387 e. The van der Waals surface area contributed by atoms with E-state index in [2.05, 4.69) is 10.8 Å². The van der Waals surface area contributed by atoms with E-state index in [9.17, 15) is 18.8 Å². The van der Waals surface area contributed by atoms with Gasteiger partial charge >= 0.3 is 12.6 Å². The third-order valence-corrected chi connectivity index (χ3v) is 5.34. The van der Waals surface area contributed by atoms with Gasteiger partial charge in [0.15, 0.2) is 11.5 Å². The summed E-state index contributed by atoms with van der Waals surface area (Å²) in [5.41, 5.74) is -0.105. The number of carbonyl (C=O) groups is 1. The number of hydrogen-bond acceptors (Lipinski definition) is 5. The van der Waals surface area contributed by atoms with E-state index in [1.807, 2.05) is 0 Å². The summed E-state index contributed by atoms with van der Waals surface area (Å²) in [6.07, 6.45) is 3.69. The van der Waals surface area contributed by atoms with Crippen molar-refractivity contribution in [2.45, 2.75) is 50.2 Å². The van der Waals surface area contributed by atoms with Crippen LogP contribution in [0, 0.1) is 11.3 Å². The van der Waals surface area contributed by atoms with Crippen LogP contribution in [0.5, 0.6) is 11.5 Å². The standard InChI is InChI=1S/C19H22F2N2O4/c20-18(21)27-15-5-4-13(10-16(15)26-14-2-1-3-14)19(12-22)6-8-23(9-7-19)11-17(24)25/h4-5,10,14,18H,1-3,6-9,11H2,(H,24,25). The molecule has 2 aliphatic rings. The Morgan fingerprint density at radius 3 is 2.56 bits per heavy atom. The summed E-state index contributed by atoms with van der Waals surface area (Å²) in [5, 5.41) is 18.8. The molecule has 0 spiro atoms. The van der Waals surface area contributed by atoms with Gasteiger partial charge in [-0.25, -0.2) is 0 Å². The fraction of sp³-hybridized carbons (Fsp3) is 0.579. The molecule has 1 heterocycles. The molecule has 0 amide bonds. The van der Waals surface area contributed by atoms with Gasteiger partial charge < -0.3 is 14.6 Å². The van der Waals surface area contributed by atoms with Gasteiger partial charge in [0.05, 0.1) is 24.1 Å². The molecule has 146 valence electrons. The minimum atomic E-state index is -2.95. The lowest BCUT2D eigenvalue weighted by Crippen LogP contribution is -2.43. The highest BCUT2D eigenvalue weighted by Gasteiger charge is 2.38. The Hall–Kier alpha value is -2.40. The third-order valence-electron chi connectivity index (χ3n) is 5.34. The van der Waals surface area contributed by atoms with Crippen LogP contribution in [-0.4, -0.2) is 48.3 Å². The smallest absolute Gasteiger partial charge is 0.387 e. The SMILES string of the molecule is N#CC1(c2ccc(OC(F)F)c(OC3CCC3)c2)CCN(CC(=O)O)CC1. The number of alkyl halides is 2. The summed E-state index contributed by atoms with van der Waals surface area (Å²) in [6, 6.07) is 7.04. The van der Waals surface area contributed by atoms with Crippen LogP contribution in [0.4, 0.5) is 8.78 Å². The molecule has 1 aliphatic heterocycles. The van der Waals surface area contributed by atoms with Crippen LogP contribution in [0.15, 0.2) is 18.2 Å². The number of ether oxygens (including phenoxy) is 2. The molecular formula is C19H22F2N2O4. The Kier molecular flexibility index (Phi) is 5.80. The Morgan fingerprint density at radius 1 is 1.33 bits per heavy atom. The molecule has 8 heteroatoms. The lowest BCUT2D eigenvalue weighted by molar-refractivity contribution is -0.138. The van der Waals surface area contributed by atoms with E-state index >= 15 is 0 Å². The van der Waals surface area contributed by atoms with Crippen LogP contribution in [-0.2, 0) is 10.2 Å². The van der Waals surface area contributed by atoms with Gasteiger partial charge in [-0.1, -0.05) is 6.07 Å². The van der Waals surface area contributed by atoms with Crippen LogP contribution < -0.4 is 9.47 Å².